The second-order valence-corrected chi connectivity index (χ2v) is 2.41. The molecule has 58 valence electrons. The summed E-state index contributed by atoms with van der Waals surface area (Å²) < 4.78 is 0. The summed E-state index contributed by atoms with van der Waals surface area (Å²) in [6.45, 7) is 6.17. The first-order valence-electron chi connectivity index (χ1n) is 3.42. The van der Waals surface area contributed by atoms with E-state index >= 15 is 0 Å². The van der Waals surface area contributed by atoms with Crippen LogP contribution in [-0.4, -0.2) is 23.0 Å². The minimum Gasteiger partial charge on any atom is -0.390 e. The Hall–Kier alpha value is -0.570. The molecule has 0 aliphatic carbocycles. The molecule has 0 amide bonds. The Kier molecular flexibility index (Phi) is 4.94. The summed E-state index contributed by atoms with van der Waals surface area (Å²) in [5, 5.41) is 0. The third kappa shape index (κ3) is 4.32. The summed E-state index contributed by atoms with van der Waals surface area (Å²) in [5.74, 6) is 0. The lowest BCUT2D eigenvalue weighted by atomic mass is 10.5. The fourth-order valence-electron chi connectivity index (χ4n) is 0.613. The zero-order valence-corrected chi connectivity index (χ0v) is 7.32. The summed E-state index contributed by atoms with van der Waals surface area (Å²) in [5.41, 5.74) is 5.27. The first-order chi connectivity index (χ1) is 4.70. The van der Waals surface area contributed by atoms with Crippen molar-refractivity contribution in [2.24, 2.45) is 5.73 Å². The molecule has 0 unspecified atom stereocenters. The molecule has 2 N–H and O–H groups in total. The molecular weight excluding hydrogens is 144 g/mol. The molecule has 0 aromatic heterocycles. The van der Waals surface area contributed by atoms with Gasteiger partial charge in [-0.15, -0.1) is 0 Å². The van der Waals surface area contributed by atoms with Gasteiger partial charge in [-0.3, -0.25) is 0 Å². The van der Waals surface area contributed by atoms with Crippen LogP contribution in [0, 0.1) is 0 Å². The topological polar surface area (TPSA) is 29.3 Å². The van der Waals surface area contributed by atoms with E-state index in [0.717, 1.165) is 13.1 Å². The number of hydrogen-bond acceptors (Lipinski definition) is 2. The maximum atomic E-state index is 5.27. The fraction of sp³-hybridized carbons (Fsp3) is 0.571. The summed E-state index contributed by atoms with van der Waals surface area (Å²) in [4.78, 5) is 2.56. The molecule has 0 bridgehead atoms. The van der Waals surface area contributed by atoms with Crippen molar-refractivity contribution in [2.45, 2.75) is 13.8 Å². The van der Waals surface area contributed by atoms with Gasteiger partial charge in [0.1, 0.15) is 0 Å². The average Bonchev–Trinajstić information content (AvgIpc) is 1.90. The van der Waals surface area contributed by atoms with Crippen molar-refractivity contribution < 1.29 is 0 Å². The van der Waals surface area contributed by atoms with Crippen molar-refractivity contribution >= 4 is 17.2 Å². The zero-order chi connectivity index (χ0) is 7.98. The maximum absolute atomic E-state index is 5.27. The normalized spacial score (nSPS) is 10.2. The Labute approximate surface area is 67.7 Å². The molecule has 0 radical (unpaired) electrons. The second-order valence-electron chi connectivity index (χ2n) is 1.94. The number of thiocarbonyl (C=S) groups is 1. The van der Waals surface area contributed by atoms with E-state index in [1.54, 1.807) is 6.08 Å². The minimum absolute atomic E-state index is 0.437. The highest BCUT2D eigenvalue weighted by Gasteiger charge is 1.87. The van der Waals surface area contributed by atoms with Gasteiger partial charge < -0.3 is 10.6 Å². The molecule has 3 heteroatoms. The molecule has 0 aromatic carbocycles. The predicted molar refractivity (Wildman–Crippen MR) is 48.8 cm³/mol. The summed E-state index contributed by atoms with van der Waals surface area (Å²) in [7, 11) is 0. The Morgan fingerprint density at radius 1 is 1.50 bits per heavy atom. The summed E-state index contributed by atoms with van der Waals surface area (Å²) >= 11 is 4.67. The van der Waals surface area contributed by atoms with Crippen LogP contribution in [0.15, 0.2) is 12.3 Å². The summed E-state index contributed by atoms with van der Waals surface area (Å²) in [6.07, 6.45) is 3.66. The Morgan fingerprint density at radius 2 is 2.00 bits per heavy atom. The van der Waals surface area contributed by atoms with E-state index in [2.05, 4.69) is 31.0 Å². The monoisotopic (exact) mass is 158 g/mol. The third-order valence-electron chi connectivity index (χ3n) is 1.26. The number of nitrogens with two attached hydrogens (primary N) is 1. The highest BCUT2D eigenvalue weighted by Crippen LogP contribution is 1.87. The van der Waals surface area contributed by atoms with Crippen LogP contribution in [0.4, 0.5) is 0 Å². The van der Waals surface area contributed by atoms with Crippen LogP contribution in [0.25, 0.3) is 0 Å². The molecule has 0 spiro atoms. The van der Waals surface area contributed by atoms with Crippen LogP contribution in [0.5, 0.6) is 0 Å². The zero-order valence-electron chi connectivity index (χ0n) is 6.50. The van der Waals surface area contributed by atoms with Crippen molar-refractivity contribution in [3.05, 3.63) is 12.3 Å². The van der Waals surface area contributed by atoms with Gasteiger partial charge in [0.05, 0.1) is 4.99 Å². The quantitative estimate of drug-likeness (QED) is 0.491. The largest absolute Gasteiger partial charge is 0.390 e. The van der Waals surface area contributed by atoms with Crippen molar-refractivity contribution in [2.75, 3.05) is 13.1 Å². The lowest BCUT2D eigenvalue weighted by Crippen LogP contribution is -2.16. The van der Waals surface area contributed by atoms with Crippen LogP contribution in [-0.2, 0) is 0 Å². The van der Waals surface area contributed by atoms with Crippen LogP contribution in [0.3, 0.4) is 0 Å². The predicted octanol–water partition coefficient (Wildman–Crippen LogP) is 1.13. The lowest BCUT2D eigenvalue weighted by Gasteiger charge is -2.13. The fourth-order valence-corrected chi connectivity index (χ4v) is 0.674. The van der Waals surface area contributed by atoms with Crippen molar-refractivity contribution in [1.82, 2.24) is 4.90 Å². The van der Waals surface area contributed by atoms with Crippen molar-refractivity contribution in [3.63, 3.8) is 0 Å². The molecule has 0 atom stereocenters. The van der Waals surface area contributed by atoms with Gasteiger partial charge >= 0.3 is 0 Å². The maximum Gasteiger partial charge on any atom is 0.0976 e. The van der Waals surface area contributed by atoms with Crippen LogP contribution >= 0.6 is 12.2 Å². The highest BCUT2D eigenvalue weighted by atomic mass is 32.1. The molecular formula is C7H14N2S. The molecule has 10 heavy (non-hydrogen) atoms. The van der Waals surface area contributed by atoms with Gasteiger partial charge in [0, 0.05) is 19.3 Å². The summed E-state index contributed by atoms with van der Waals surface area (Å²) in [6, 6.07) is 0. The molecule has 0 fully saturated rings. The number of hydrogen-bond donors (Lipinski definition) is 1. The molecule has 0 aromatic rings. The van der Waals surface area contributed by atoms with E-state index in [-0.39, 0.29) is 0 Å². The Balaban J connectivity index is 3.72. The molecule has 2 nitrogen and oxygen atoms in total. The second kappa shape index (κ2) is 5.23. The first kappa shape index (κ1) is 9.43. The molecule has 0 saturated carbocycles. The van der Waals surface area contributed by atoms with Gasteiger partial charge in [0.15, 0.2) is 0 Å². The van der Waals surface area contributed by atoms with Crippen LogP contribution in [0.2, 0.25) is 0 Å². The Bertz CT molecular complexity index is 128. The first-order valence-corrected chi connectivity index (χ1v) is 3.83. The molecule has 0 heterocycles. The minimum atomic E-state index is 0.437. The van der Waals surface area contributed by atoms with Crippen molar-refractivity contribution in [3.8, 4) is 0 Å². The molecule has 0 saturated heterocycles. The third-order valence-corrected chi connectivity index (χ3v) is 1.40. The standard InChI is InChI=1S/C7H14N2S/c1-3-9(4-2)6-5-7(8)10/h5-6H,3-4H2,1-2H3,(H2,8,10)/b6-5+. The van der Waals surface area contributed by atoms with Gasteiger partial charge in [0.2, 0.25) is 0 Å². The smallest absolute Gasteiger partial charge is 0.0976 e. The van der Waals surface area contributed by atoms with E-state index < -0.39 is 0 Å². The highest BCUT2D eigenvalue weighted by molar-refractivity contribution is 7.80. The van der Waals surface area contributed by atoms with E-state index in [1.807, 2.05) is 6.20 Å². The Morgan fingerprint density at radius 3 is 2.30 bits per heavy atom. The molecule has 0 rings (SSSR count). The van der Waals surface area contributed by atoms with Gasteiger partial charge in [-0.1, -0.05) is 12.2 Å². The van der Waals surface area contributed by atoms with E-state index in [9.17, 15) is 0 Å². The number of nitrogens with zero attached hydrogens (tertiary/aromatic N) is 1. The van der Waals surface area contributed by atoms with E-state index in [1.165, 1.54) is 0 Å². The van der Waals surface area contributed by atoms with Crippen LogP contribution < -0.4 is 5.73 Å². The van der Waals surface area contributed by atoms with Crippen molar-refractivity contribution in [1.29, 1.82) is 0 Å². The average molecular weight is 158 g/mol. The molecule has 0 aliphatic rings. The van der Waals surface area contributed by atoms with Crippen LogP contribution in [0.1, 0.15) is 13.8 Å². The SMILES string of the molecule is CCN(/C=C/C(N)=S)CC. The van der Waals surface area contributed by atoms with Gasteiger partial charge in [-0.2, -0.15) is 0 Å². The number of rotatable bonds is 4. The van der Waals surface area contributed by atoms with E-state index in [4.69, 9.17) is 5.73 Å². The van der Waals surface area contributed by atoms with Gasteiger partial charge in [-0.25, -0.2) is 0 Å². The lowest BCUT2D eigenvalue weighted by molar-refractivity contribution is 0.419. The van der Waals surface area contributed by atoms with Gasteiger partial charge in [0.25, 0.3) is 0 Å². The van der Waals surface area contributed by atoms with E-state index in [0.29, 0.717) is 4.99 Å². The van der Waals surface area contributed by atoms with Gasteiger partial charge in [-0.05, 0) is 19.9 Å². The molecule has 0 aliphatic heterocycles.